The highest BCUT2D eigenvalue weighted by atomic mass is 16.5. The van der Waals surface area contributed by atoms with Crippen LogP contribution in [0, 0.1) is 0 Å². The molecule has 0 aliphatic carbocycles. The Morgan fingerprint density at radius 1 is 0.458 bits per heavy atom. The van der Waals surface area contributed by atoms with Crippen molar-refractivity contribution in [3.05, 3.63) is 35.4 Å². The van der Waals surface area contributed by atoms with E-state index in [2.05, 4.69) is 37.5 Å². The summed E-state index contributed by atoms with van der Waals surface area (Å²) in [6.07, 6.45) is 32.0. The summed E-state index contributed by atoms with van der Waals surface area (Å²) in [5, 5.41) is 0. The largest absolute Gasteiger partial charge is 0.446 e. The van der Waals surface area contributed by atoms with Gasteiger partial charge in [-0.2, -0.15) is 0 Å². The predicted molar refractivity (Wildman–Crippen MR) is 204 cm³/mol. The molecule has 0 aromatic heterocycles. The molecule has 1 aromatic rings. The lowest BCUT2D eigenvalue weighted by molar-refractivity contribution is 0.0222. The van der Waals surface area contributed by atoms with Crippen LogP contribution in [0.4, 0.5) is 0 Å². The molecule has 6 heteroatoms. The fourth-order valence-corrected chi connectivity index (χ4v) is 6.22. The van der Waals surface area contributed by atoms with Gasteiger partial charge in [0.05, 0.1) is 11.1 Å². The zero-order valence-electron chi connectivity index (χ0n) is 32.1. The summed E-state index contributed by atoms with van der Waals surface area (Å²) in [5.74, 6) is -0.806. The molecule has 0 heterocycles. The van der Waals surface area contributed by atoms with E-state index in [1.54, 1.807) is 24.3 Å². The third-order valence-corrected chi connectivity index (χ3v) is 9.64. The van der Waals surface area contributed by atoms with E-state index in [1.807, 2.05) is 0 Å². The van der Waals surface area contributed by atoms with Crippen molar-refractivity contribution in [3.8, 4) is 0 Å². The van der Waals surface area contributed by atoms with E-state index in [4.69, 9.17) is 9.47 Å². The first kappa shape index (κ1) is 44.1. The molecule has 1 rings (SSSR count). The lowest BCUT2D eigenvalue weighted by Crippen LogP contribution is -2.29. The van der Waals surface area contributed by atoms with Crippen molar-refractivity contribution in [2.24, 2.45) is 0 Å². The molecule has 0 amide bonds. The fourth-order valence-electron chi connectivity index (χ4n) is 6.22. The number of unbranched alkanes of at least 4 members (excludes halogenated alkanes) is 22. The fraction of sp³-hybridized carbons (Fsp3) is 0.810. The minimum absolute atomic E-state index is 0.270. The third kappa shape index (κ3) is 24.3. The molecule has 0 aliphatic rings. The summed E-state index contributed by atoms with van der Waals surface area (Å²) in [5.41, 5.74) is 0.768. The Labute approximate surface area is 297 Å². The quantitative estimate of drug-likeness (QED) is 0.0412. The van der Waals surface area contributed by atoms with Crippen molar-refractivity contribution in [2.45, 2.75) is 182 Å². The predicted octanol–water partition coefficient (Wildman–Crippen LogP) is 12.0. The Kier molecular flexibility index (Phi) is 29.7. The highest BCUT2D eigenvalue weighted by Crippen LogP contribution is 2.14. The van der Waals surface area contributed by atoms with Crippen molar-refractivity contribution in [3.63, 3.8) is 0 Å². The van der Waals surface area contributed by atoms with Gasteiger partial charge in [0.1, 0.15) is 13.5 Å². The highest BCUT2D eigenvalue weighted by Gasteiger charge is 2.15. The number of esters is 2. The van der Waals surface area contributed by atoms with E-state index in [1.165, 1.54) is 141 Å². The molecule has 0 saturated carbocycles. The standard InChI is InChI=1S/C42H76N2O4/c1-5-9-11-13-15-17-19-21-23-25-27-29-34-43(7-3)37-47-41(45)39-32-31-33-40(36-39)42(46)48-38-44(8-4)35-30-28-26-24-22-20-18-16-14-12-10-6-2/h31-33,36H,5-30,34-35,37-38H2,1-4H3. The van der Waals surface area contributed by atoms with Crippen LogP contribution in [0.5, 0.6) is 0 Å². The van der Waals surface area contributed by atoms with Gasteiger partial charge in [0.2, 0.25) is 0 Å². The summed E-state index contributed by atoms with van der Waals surface area (Å²) in [7, 11) is 0. The van der Waals surface area contributed by atoms with Gasteiger partial charge in [-0.05, 0) is 44.1 Å². The molecule has 0 aliphatic heterocycles. The smallest absolute Gasteiger partial charge is 0.339 e. The molecular formula is C42H76N2O4. The van der Waals surface area contributed by atoms with E-state index >= 15 is 0 Å². The zero-order valence-corrected chi connectivity index (χ0v) is 32.1. The number of benzene rings is 1. The molecule has 0 radical (unpaired) electrons. The summed E-state index contributed by atoms with van der Waals surface area (Å²) < 4.78 is 11.2. The minimum atomic E-state index is -0.403. The van der Waals surface area contributed by atoms with Crippen molar-refractivity contribution in [1.82, 2.24) is 9.80 Å². The maximum absolute atomic E-state index is 12.8. The number of carbonyl (C=O) groups excluding carboxylic acids is 2. The second-order valence-electron chi connectivity index (χ2n) is 13.9. The van der Waals surface area contributed by atoms with Gasteiger partial charge in [-0.3, -0.25) is 9.80 Å². The first-order valence-electron chi connectivity index (χ1n) is 20.4. The van der Waals surface area contributed by atoms with Crippen LogP contribution in [0.15, 0.2) is 24.3 Å². The van der Waals surface area contributed by atoms with Crippen molar-refractivity contribution in [1.29, 1.82) is 0 Å². The molecular weight excluding hydrogens is 596 g/mol. The molecule has 278 valence electrons. The molecule has 0 N–H and O–H groups in total. The Bertz CT molecular complexity index is 825. The second kappa shape index (κ2) is 32.3. The van der Waals surface area contributed by atoms with Gasteiger partial charge in [0, 0.05) is 13.1 Å². The van der Waals surface area contributed by atoms with Gasteiger partial charge >= 0.3 is 11.9 Å². The Hall–Kier alpha value is -1.92. The summed E-state index contributed by atoms with van der Waals surface area (Å²) >= 11 is 0. The maximum Gasteiger partial charge on any atom is 0.339 e. The number of rotatable bonds is 34. The Morgan fingerprint density at radius 3 is 1.04 bits per heavy atom. The normalized spacial score (nSPS) is 11.5. The van der Waals surface area contributed by atoms with Crippen LogP contribution in [0.3, 0.4) is 0 Å². The summed E-state index contributed by atoms with van der Waals surface area (Å²) in [6.45, 7) is 12.8. The number of hydrogen-bond acceptors (Lipinski definition) is 6. The second-order valence-corrected chi connectivity index (χ2v) is 13.9. The van der Waals surface area contributed by atoms with E-state index in [0.717, 1.165) is 39.0 Å². The highest BCUT2D eigenvalue weighted by molar-refractivity contribution is 5.95. The number of ether oxygens (including phenoxy) is 2. The van der Waals surface area contributed by atoms with Crippen LogP contribution >= 0.6 is 0 Å². The first-order valence-corrected chi connectivity index (χ1v) is 20.4. The average Bonchev–Trinajstić information content (AvgIpc) is 3.11. The minimum Gasteiger partial charge on any atom is -0.446 e. The lowest BCUT2D eigenvalue weighted by atomic mass is 10.1. The molecule has 48 heavy (non-hydrogen) atoms. The van der Waals surface area contributed by atoms with Crippen LogP contribution in [-0.4, -0.2) is 61.4 Å². The van der Waals surface area contributed by atoms with Crippen LogP contribution in [-0.2, 0) is 9.47 Å². The van der Waals surface area contributed by atoms with Crippen molar-refractivity contribution in [2.75, 3.05) is 39.6 Å². The van der Waals surface area contributed by atoms with Crippen molar-refractivity contribution < 1.29 is 19.1 Å². The zero-order chi connectivity index (χ0) is 34.9. The van der Waals surface area contributed by atoms with Crippen LogP contribution in [0.25, 0.3) is 0 Å². The van der Waals surface area contributed by atoms with Gasteiger partial charge in [-0.15, -0.1) is 0 Å². The Balaban J connectivity index is 2.21. The SMILES string of the molecule is CCCCCCCCCCCCCCN(CC)COC(=O)c1cccc(C(=O)OCN(CC)CCCCCCCCCCCCCC)c1. The van der Waals surface area contributed by atoms with E-state index in [0.29, 0.717) is 11.1 Å². The van der Waals surface area contributed by atoms with Crippen LogP contribution in [0.1, 0.15) is 203 Å². The molecule has 1 aromatic carbocycles. The number of carbonyl (C=O) groups is 2. The van der Waals surface area contributed by atoms with Crippen LogP contribution < -0.4 is 0 Å². The molecule has 0 fully saturated rings. The summed E-state index contributed by atoms with van der Waals surface area (Å²) in [4.78, 5) is 30.0. The maximum atomic E-state index is 12.8. The Morgan fingerprint density at radius 2 is 0.750 bits per heavy atom. The van der Waals surface area contributed by atoms with Gasteiger partial charge in [0.25, 0.3) is 0 Å². The number of nitrogens with zero attached hydrogens (tertiary/aromatic N) is 2. The monoisotopic (exact) mass is 673 g/mol. The van der Waals surface area contributed by atoms with Gasteiger partial charge in [-0.25, -0.2) is 9.59 Å². The van der Waals surface area contributed by atoms with Crippen molar-refractivity contribution >= 4 is 11.9 Å². The van der Waals surface area contributed by atoms with Gasteiger partial charge < -0.3 is 9.47 Å². The van der Waals surface area contributed by atoms with E-state index in [-0.39, 0.29) is 13.5 Å². The number of hydrogen-bond donors (Lipinski definition) is 0. The molecule has 0 spiro atoms. The van der Waals surface area contributed by atoms with Crippen LogP contribution in [0.2, 0.25) is 0 Å². The lowest BCUT2D eigenvalue weighted by Gasteiger charge is -2.20. The first-order chi connectivity index (χ1) is 23.5. The van der Waals surface area contributed by atoms with Gasteiger partial charge in [-0.1, -0.05) is 175 Å². The van der Waals surface area contributed by atoms with E-state index in [9.17, 15) is 9.59 Å². The summed E-state index contributed by atoms with van der Waals surface area (Å²) in [6, 6.07) is 6.72. The molecule has 6 nitrogen and oxygen atoms in total. The molecule has 0 bridgehead atoms. The topological polar surface area (TPSA) is 59.1 Å². The molecule has 0 atom stereocenters. The molecule has 0 saturated heterocycles. The molecule has 0 unspecified atom stereocenters. The third-order valence-electron chi connectivity index (χ3n) is 9.64. The van der Waals surface area contributed by atoms with Gasteiger partial charge in [0.15, 0.2) is 0 Å². The van der Waals surface area contributed by atoms with E-state index < -0.39 is 11.9 Å². The average molecular weight is 673 g/mol.